The summed E-state index contributed by atoms with van der Waals surface area (Å²) in [5.74, 6) is 2.02. The number of hydrogen-bond acceptors (Lipinski definition) is 3. The molecule has 2 aromatic rings. The van der Waals surface area contributed by atoms with E-state index in [1.54, 1.807) is 6.20 Å². The van der Waals surface area contributed by atoms with Gasteiger partial charge < -0.3 is 4.98 Å². The number of rotatable bonds is 4. The Morgan fingerprint density at radius 3 is 2.94 bits per heavy atom. The van der Waals surface area contributed by atoms with Crippen molar-refractivity contribution in [1.82, 2.24) is 19.7 Å². The molecule has 2 heterocycles. The Hall–Kier alpha value is -1.65. The van der Waals surface area contributed by atoms with E-state index in [-0.39, 0.29) is 5.56 Å². The van der Waals surface area contributed by atoms with Crippen molar-refractivity contribution in [2.45, 2.75) is 39.7 Å². The summed E-state index contributed by atoms with van der Waals surface area (Å²) in [7, 11) is 0. The molecular formula is C13H18N4O. The molecule has 1 fully saturated rings. The molecule has 0 aromatic carbocycles. The zero-order chi connectivity index (χ0) is 12.7. The maximum Gasteiger partial charge on any atom is 0.284 e. The van der Waals surface area contributed by atoms with Crippen molar-refractivity contribution in [2.75, 3.05) is 0 Å². The summed E-state index contributed by atoms with van der Waals surface area (Å²) >= 11 is 0. The second-order valence-corrected chi connectivity index (χ2v) is 5.62. The van der Waals surface area contributed by atoms with Crippen molar-refractivity contribution >= 4 is 11.0 Å². The van der Waals surface area contributed by atoms with Gasteiger partial charge in [-0.3, -0.25) is 4.79 Å². The fraction of sp³-hybridized carbons (Fsp3) is 0.615. The lowest BCUT2D eigenvalue weighted by Gasteiger charge is -2.07. The topological polar surface area (TPSA) is 63.6 Å². The molecule has 1 aliphatic rings. The minimum Gasteiger partial charge on any atom is -0.328 e. The second kappa shape index (κ2) is 4.23. The van der Waals surface area contributed by atoms with Crippen LogP contribution < -0.4 is 5.56 Å². The normalized spacial score (nSPS) is 15.7. The summed E-state index contributed by atoms with van der Waals surface area (Å²) in [6, 6.07) is 0. The first-order chi connectivity index (χ1) is 8.63. The van der Waals surface area contributed by atoms with E-state index in [4.69, 9.17) is 0 Å². The lowest BCUT2D eigenvalue weighted by atomic mass is 10.2. The largest absolute Gasteiger partial charge is 0.328 e. The van der Waals surface area contributed by atoms with Crippen LogP contribution in [0.2, 0.25) is 0 Å². The fourth-order valence-corrected chi connectivity index (χ4v) is 2.20. The van der Waals surface area contributed by atoms with Gasteiger partial charge in [0.1, 0.15) is 16.9 Å². The van der Waals surface area contributed by atoms with E-state index >= 15 is 0 Å². The highest BCUT2D eigenvalue weighted by Gasteiger charge is 2.23. The summed E-state index contributed by atoms with van der Waals surface area (Å²) in [5, 5.41) is 4.87. The van der Waals surface area contributed by atoms with E-state index in [2.05, 4.69) is 28.9 Å². The van der Waals surface area contributed by atoms with Gasteiger partial charge in [-0.2, -0.15) is 10.1 Å². The molecule has 0 amide bonds. The number of nitrogens with one attached hydrogen (secondary N) is 1. The van der Waals surface area contributed by atoms with Gasteiger partial charge in [0.25, 0.3) is 5.56 Å². The van der Waals surface area contributed by atoms with Crippen LogP contribution in [-0.4, -0.2) is 19.7 Å². The summed E-state index contributed by atoms with van der Waals surface area (Å²) < 4.78 is 1.87. The number of H-pyrrole nitrogens is 1. The van der Waals surface area contributed by atoms with Crippen LogP contribution in [0.5, 0.6) is 0 Å². The zero-order valence-electron chi connectivity index (χ0n) is 10.8. The van der Waals surface area contributed by atoms with Gasteiger partial charge in [-0.1, -0.05) is 13.8 Å². The third-order valence-corrected chi connectivity index (χ3v) is 3.29. The van der Waals surface area contributed by atoms with Gasteiger partial charge in [0.05, 0.1) is 6.20 Å². The van der Waals surface area contributed by atoms with Crippen LogP contribution in [0.4, 0.5) is 0 Å². The quantitative estimate of drug-likeness (QED) is 0.893. The number of aromatic nitrogens is 4. The number of hydrogen-bond donors (Lipinski definition) is 1. The average Bonchev–Trinajstić information content (AvgIpc) is 3.01. The van der Waals surface area contributed by atoms with Crippen LogP contribution >= 0.6 is 0 Å². The molecule has 5 nitrogen and oxygen atoms in total. The van der Waals surface area contributed by atoms with Crippen LogP contribution in [0, 0.1) is 11.8 Å². The molecule has 0 aliphatic heterocycles. The summed E-state index contributed by atoms with van der Waals surface area (Å²) in [5.41, 5.74) is 0.661. The molecule has 1 N–H and O–H groups in total. The molecule has 18 heavy (non-hydrogen) atoms. The summed E-state index contributed by atoms with van der Waals surface area (Å²) in [4.78, 5) is 19.3. The summed E-state index contributed by atoms with van der Waals surface area (Å²) in [6.45, 7) is 5.09. The highest BCUT2D eigenvalue weighted by atomic mass is 16.1. The number of nitrogens with zero attached hydrogens (tertiary/aromatic N) is 3. The highest BCUT2D eigenvalue weighted by molar-refractivity contribution is 5.73. The summed E-state index contributed by atoms with van der Waals surface area (Å²) in [6.07, 6.45) is 5.02. The number of fused-ring (bicyclic) bond motifs is 1. The van der Waals surface area contributed by atoms with Gasteiger partial charge in [0.2, 0.25) is 0 Å². The zero-order valence-corrected chi connectivity index (χ0v) is 10.8. The Labute approximate surface area is 105 Å². The van der Waals surface area contributed by atoms with E-state index in [0.717, 1.165) is 24.4 Å². The van der Waals surface area contributed by atoms with Gasteiger partial charge in [0, 0.05) is 13.0 Å². The van der Waals surface area contributed by atoms with Crippen LogP contribution in [0.15, 0.2) is 11.0 Å². The molecule has 0 spiro atoms. The van der Waals surface area contributed by atoms with E-state index < -0.39 is 0 Å². The highest BCUT2D eigenvalue weighted by Crippen LogP contribution is 2.31. The molecule has 0 radical (unpaired) electrons. The van der Waals surface area contributed by atoms with Crippen LogP contribution in [0.3, 0.4) is 0 Å². The van der Waals surface area contributed by atoms with E-state index in [1.165, 1.54) is 12.8 Å². The van der Waals surface area contributed by atoms with Gasteiger partial charge in [-0.05, 0) is 24.7 Å². The Bertz CT molecular complexity index is 621. The first kappa shape index (κ1) is 11.4. The second-order valence-electron chi connectivity index (χ2n) is 5.62. The minimum atomic E-state index is -0.158. The van der Waals surface area contributed by atoms with Crippen LogP contribution in [-0.2, 0) is 13.0 Å². The molecule has 1 saturated carbocycles. The van der Waals surface area contributed by atoms with E-state index in [0.29, 0.717) is 17.2 Å². The van der Waals surface area contributed by atoms with Gasteiger partial charge >= 0.3 is 0 Å². The lowest BCUT2D eigenvalue weighted by molar-refractivity contribution is 0.491. The average molecular weight is 246 g/mol. The van der Waals surface area contributed by atoms with Crippen molar-refractivity contribution in [2.24, 2.45) is 11.8 Å². The number of aromatic amines is 1. The van der Waals surface area contributed by atoms with Crippen molar-refractivity contribution in [3.63, 3.8) is 0 Å². The van der Waals surface area contributed by atoms with Gasteiger partial charge in [-0.15, -0.1) is 0 Å². The van der Waals surface area contributed by atoms with Crippen molar-refractivity contribution in [3.8, 4) is 0 Å². The predicted octanol–water partition coefficient (Wildman–Crippen LogP) is 1.73. The van der Waals surface area contributed by atoms with Crippen LogP contribution in [0.25, 0.3) is 11.0 Å². The Morgan fingerprint density at radius 1 is 1.50 bits per heavy atom. The Kier molecular flexibility index (Phi) is 2.69. The molecular weight excluding hydrogens is 228 g/mol. The fourth-order valence-electron chi connectivity index (χ4n) is 2.20. The maximum atomic E-state index is 11.9. The molecule has 1 aliphatic carbocycles. The van der Waals surface area contributed by atoms with E-state index in [1.807, 2.05) is 4.68 Å². The predicted molar refractivity (Wildman–Crippen MR) is 69.4 cm³/mol. The van der Waals surface area contributed by atoms with Crippen molar-refractivity contribution < 1.29 is 0 Å². The molecule has 0 unspecified atom stereocenters. The molecule has 0 atom stereocenters. The molecule has 5 heteroatoms. The van der Waals surface area contributed by atoms with Crippen molar-refractivity contribution in [1.29, 1.82) is 0 Å². The monoisotopic (exact) mass is 246 g/mol. The lowest BCUT2D eigenvalue weighted by Crippen LogP contribution is -2.14. The standard InChI is InChI=1S/C13H18N4O/c1-8(2)7-17-12-10(6-14-17)13(18)16-11(15-12)5-9-3-4-9/h6,8-9H,3-5,7H2,1-2H3,(H,15,16,18). The Morgan fingerprint density at radius 2 is 2.28 bits per heavy atom. The molecule has 0 bridgehead atoms. The maximum absolute atomic E-state index is 11.9. The SMILES string of the molecule is CC(C)Cn1ncc2c(=O)nc(CC3CC3)[nH]c21. The smallest absolute Gasteiger partial charge is 0.284 e. The van der Waals surface area contributed by atoms with Gasteiger partial charge in [-0.25, -0.2) is 4.68 Å². The first-order valence-electron chi connectivity index (χ1n) is 6.58. The van der Waals surface area contributed by atoms with Crippen molar-refractivity contribution in [3.05, 3.63) is 22.4 Å². The van der Waals surface area contributed by atoms with Crippen LogP contribution in [0.1, 0.15) is 32.5 Å². The third kappa shape index (κ3) is 2.17. The van der Waals surface area contributed by atoms with Gasteiger partial charge in [0.15, 0.2) is 0 Å². The molecule has 96 valence electrons. The Balaban J connectivity index is 2.04. The molecule has 3 rings (SSSR count). The molecule has 0 saturated heterocycles. The minimum absolute atomic E-state index is 0.158. The first-order valence-corrected chi connectivity index (χ1v) is 6.58. The third-order valence-electron chi connectivity index (χ3n) is 3.29. The molecule has 2 aromatic heterocycles. The van der Waals surface area contributed by atoms with E-state index in [9.17, 15) is 4.79 Å².